The van der Waals surface area contributed by atoms with Crippen molar-refractivity contribution >= 4 is 5.91 Å². The number of hydrogen-bond donors (Lipinski definition) is 2. The van der Waals surface area contributed by atoms with Gasteiger partial charge in [0.15, 0.2) is 0 Å². The van der Waals surface area contributed by atoms with Crippen molar-refractivity contribution in [2.24, 2.45) is 17.6 Å². The molecule has 0 heterocycles. The zero-order chi connectivity index (χ0) is 11.8. The van der Waals surface area contributed by atoms with E-state index in [0.717, 1.165) is 12.8 Å². The molecule has 15 heavy (non-hydrogen) atoms. The van der Waals surface area contributed by atoms with Crippen molar-refractivity contribution in [2.45, 2.75) is 53.0 Å². The molecule has 0 saturated carbocycles. The second-order valence-electron chi connectivity index (χ2n) is 4.85. The first kappa shape index (κ1) is 14.4. The van der Waals surface area contributed by atoms with Gasteiger partial charge >= 0.3 is 0 Å². The molecular formula is C12H26N2O. The van der Waals surface area contributed by atoms with Crippen LogP contribution in [0.5, 0.6) is 0 Å². The zero-order valence-corrected chi connectivity index (χ0v) is 10.5. The predicted molar refractivity (Wildman–Crippen MR) is 64.5 cm³/mol. The molecule has 0 aromatic carbocycles. The van der Waals surface area contributed by atoms with E-state index < -0.39 is 0 Å². The van der Waals surface area contributed by atoms with Gasteiger partial charge in [-0.25, -0.2) is 0 Å². The maximum absolute atomic E-state index is 11.6. The van der Waals surface area contributed by atoms with Crippen LogP contribution in [-0.4, -0.2) is 18.5 Å². The normalized spacial score (nSPS) is 15.1. The van der Waals surface area contributed by atoms with Crippen LogP contribution in [-0.2, 0) is 4.79 Å². The van der Waals surface area contributed by atoms with Crippen molar-refractivity contribution in [1.82, 2.24) is 5.32 Å². The maximum atomic E-state index is 11.6. The Morgan fingerprint density at radius 1 is 1.33 bits per heavy atom. The van der Waals surface area contributed by atoms with E-state index in [9.17, 15) is 4.79 Å². The van der Waals surface area contributed by atoms with Crippen LogP contribution in [0.15, 0.2) is 0 Å². The monoisotopic (exact) mass is 214 g/mol. The molecule has 3 N–H and O–H groups in total. The smallest absolute Gasteiger partial charge is 0.220 e. The van der Waals surface area contributed by atoms with Gasteiger partial charge in [0.25, 0.3) is 0 Å². The molecule has 2 atom stereocenters. The first-order valence-corrected chi connectivity index (χ1v) is 5.99. The molecule has 90 valence electrons. The molecule has 0 aromatic heterocycles. The Labute approximate surface area is 93.8 Å². The molecule has 3 heteroatoms. The summed E-state index contributed by atoms with van der Waals surface area (Å²) in [5.74, 6) is 1.17. The molecular weight excluding hydrogens is 188 g/mol. The first-order valence-electron chi connectivity index (χ1n) is 5.99. The number of carbonyl (C=O) groups excluding carboxylic acids is 1. The highest BCUT2D eigenvalue weighted by atomic mass is 16.1. The first-order chi connectivity index (χ1) is 6.99. The van der Waals surface area contributed by atoms with E-state index in [0.29, 0.717) is 24.8 Å². The molecule has 0 aromatic rings. The summed E-state index contributed by atoms with van der Waals surface area (Å²) in [5.41, 5.74) is 5.62. The highest BCUT2D eigenvalue weighted by molar-refractivity contribution is 5.76. The molecule has 3 nitrogen and oxygen atoms in total. The van der Waals surface area contributed by atoms with Gasteiger partial charge in [-0.1, -0.05) is 34.1 Å². The molecule has 0 radical (unpaired) electrons. The van der Waals surface area contributed by atoms with Crippen molar-refractivity contribution in [2.75, 3.05) is 6.54 Å². The summed E-state index contributed by atoms with van der Waals surface area (Å²) in [5, 5.41) is 3.00. The van der Waals surface area contributed by atoms with E-state index in [1.807, 2.05) is 0 Å². The average molecular weight is 214 g/mol. The lowest BCUT2D eigenvalue weighted by Crippen LogP contribution is -2.41. The van der Waals surface area contributed by atoms with Crippen LogP contribution >= 0.6 is 0 Å². The van der Waals surface area contributed by atoms with Gasteiger partial charge in [0.05, 0.1) is 0 Å². The number of carbonyl (C=O) groups is 1. The molecule has 0 rings (SSSR count). The van der Waals surface area contributed by atoms with E-state index >= 15 is 0 Å². The molecule has 0 fully saturated rings. The maximum Gasteiger partial charge on any atom is 0.220 e. The topological polar surface area (TPSA) is 55.1 Å². The van der Waals surface area contributed by atoms with E-state index in [4.69, 9.17) is 5.73 Å². The van der Waals surface area contributed by atoms with Crippen molar-refractivity contribution in [3.63, 3.8) is 0 Å². The highest BCUT2D eigenvalue weighted by Gasteiger charge is 2.13. The van der Waals surface area contributed by atoms with Crippen LogP contribution in [0.2, 0.25) is 0 Å². The van der Waals surface area contributed by atoms with Crippen LogP contribution in [0.4, 0.5) is 0 Å². The SMILES string of the molecule is CCC(C)CC(=O)NC(CN)CC(C)C. The fraction of sp³-hybridized carbons (Fsp3) is 0.917. The fourth-order valence-electron chi connectivity index (χ4n) is 1.53. The van der Waals surface area contributed by atoms with Crippen LogP contribution in [0.3, 0.4) is 0 Å². The molecule has 1 amide bonds. The predicted octanol–water partition coefficient (Wildman–Crippen LogP) is 1.91. The van der Waals surface area contributed by atoms with Gasteiger partial charge in [-0.15, -0.1) is 0 Å². The summed E-state index contributed by atoms with van der Waals surface area (Å²) < 4.78 is 0. The lowest BCUT2D eigenvalue weighted by molar-refractivity contribution is -0.122. The van der Waals surface area contributed by atoms with Gasteiger partial charge in [-0.3, -0.25) is 4.79 Å². The molecule has 2 unspecified atom stereocenters. The molecule has 0 bridgehead atoms. The molecule has 0 saturated heterocycles. The Morgan fingerprint density at radius 2 is 1.93 bits per heavy atom. The lowest BCUT2D eigenvalue weighted by atomic mass is 10.0. The van der Waals surface area contributed by atoms with Crippen LogP contribution in [0.1, 0.15) is 47.0 Å². The standard InChI is InChI=1S/C12H26N2O/c1-5-10(4)7-12(15)14-11(8-13)6-9(2)3/h9-11H,5-8,13H2,1-4H3,(H,14,15). The van der Waals surface area contributed by atoms with Crippen molar-refractivity contribution in [1.29, 1.82) is 0 Å². The van der Waals surface area contributed by atoms with E-state index in [2.05, 4.69) is 33.0 Å². The Hall–Kier alpha value is -0.570. The highest BCUT2D eigenvalue weighted by Crippen LogP contribution is 2.08. The third-order valence-corrected chi connectivity index (χ3v) is 2.64. The summed E-state index contributed by atoms with van der Waals surface area (Å²) in [6.07, 6.45) is 2.62. The second-order valence-corrected chi connectivity index (χ2v) is 4.85. The quantitative estimate of drug-likeness (QED) is 0.680. The summed E-state index contributed by atoms with van der Waals surface area (Å²) >= 11 is 0. The molecule has 0 aliphatic rings. The lowest BCUT2D eigenvalue weighted by Gasteiger charge is -2.19. The van der Waals surface area contributed by atoms with Crippen LogP contribution < -0.4 is 11.1 Å². The second kappa shape index (κ2) is 7.69. The molecule has 0 spiro atoms. The Balaban J connectivity index is 3.90. The van der Waals surface area contributed by atoms with E-state index in [-0.39, 0.29) is 11.9 Å². The van der Waals surface area contributed by atoms with Crippen LogP contribution in [0, 0.1) is 11.8 Å². The van der Waals surface area contributed by atoms with Crippen molar-refractivity contribution in [3.8, 4) is 0 Å². The van der Waals surface area contributed by atoms with Gasteiger partial charge in [0.2, 0.25) is 5.91 Å². The minimum Gasteiger partial charge on any atom is -0.352 e. The van der Waals surface area contributed by atoms with Gasteiger partial charge in [0.1, 0.15) is 0 Å². The van der Waals surface area contributed by atoms with Gasteiger partial charge in [0, 0.05) is 19.0 Å². The number of rotatable bonds is 7. The Kier molecular flexibility index (Phi) is 7.39. The molecule has 0 aliphatic heterocycles. The summed E-state index contributed by atoms with van der Waals surface area (Å²) in [6.45, 7) is 9.02. The zero-order valence-electron chi connectivity index (χ0n) is 10.5. The van der Waals surface area contributed by atoms with E-state index in [1.165, 1.54) is 0 Å². The van der Waals surface area contributed by atoms with E-state index in [1.54, 1.807) is 0 Å². The minimum absolute atomic E-state index is 0.139. The largest absolute Gasteiger partial charge is 0.352 e. The third-order valence-electron chi connectivity index (χ3n) is 2.64. The van der Waals surface area contributed by atoms with Crippen molar-refractivity contribution < 1.29 is 4.79 Å². The number of amides is 1. The molecule has 0 aliphatic carbocycles. The number of hydrogen-bond acceptors (Lipinski definition) is 2. The number of nitrogens with one attached hydrogen (secondary N) is 1. The van der Waals surface area contributed by atoms with Gasteiger partial charge in [-0.2, -0.15) is 0 Å². The summed E-state index contributed by atoms with van der Waals surface area (Å²) in [4.78, 5) is 11.6. The Morgan fingerprint density at radius 3 is 2.33 bits per heavy atom. The van der Waals surface area contributed by atoms with Gasteiger partial charge < -0.3 is 11.1 Å². The van der Waals surface area contributed by atoms with Gasteiger partial charge in [-0.05, 0) is 18.3 Å². The summed E-state index contributed by atoms with van der Waals surface area (Å²) in [7, 11) is 0. The summed E-state index contributed by atoms with van der Waals surface area (Å²) in [6, 6.07) is 0.140. The number of nitrogens with two attached hydrogens (primary N) is 1. The van der Waals surface area contributed by atoms with Crippen LogP contribution in [0.25, 0.3) is 0 Å². The Bertz CT molecular complexity index is 180. The average Bonchev–Trinajstić information content (AvgIpc) is 2.15. The third kappa shape index (κ3) is 7.37. The minimum atomic E-state index is 0.139. The van der Waals surface area contributed by atoms with Crippen molar-refractivity contribution in [3.05, 3.63) is 0 Å². The fourth-order valence-corrected chi connectivity index (χ4v) is 1.53.